The smallest absolute Gasteiger partial charge is 0.138 e. The highest BCUT2D eigenvalue weighted by Gasteiger charge is 2.10. The van der Waals surface area contributed by atoms with Crippen molar-refractivity contribution in [1.29, 1.82) is 0 Å². The number of nitrogens with zero attached hydrogens (tertiary/aromatic N) is 2. The lowest BCUT2D eigenvalue weighted by molar-refractivity contribution is 0.620. The van der Waals surface area contributed by atoms with Crippen molar-refractivity contribution in [3.8, 4) is 0 Å². The Morgan fingerprint density at radius 2 is 2.00 bits per heavy atom. The predicted octanol–water partition coefficient (Wildman–Crippen LogP) is 3.09. The standard InChI is InChI=1S/C14H15FIN3/c1-19(7-4-10-2-5-18-6-3-10)14-8-11(15)12(16)9-13(14)17/h2-3,5-6,8-9H,4,7,17H2,1H3. The molecule has 0 saturated carbocycles. The lowest BCUT2D eigenvalue weighted by Gasteiger charge is -2.21. The minimum Gasteiger partial charge on any atom is -0.397 e. The monoisotopic (exact) mass is 371 g/mol. The number of benzene rings is 1. The summed E-state index contributed by atoms with van der Waals surface area (Å²) in [6.07, 6.45) is 4.41. The number of nitrogen functional groups attached to an aromatic ring is 1. The Balaban J connectivity index is 2.08. The van der Waals surface area contributed by atoms with E-state index in [-0.39, 0.29) is 5.82 Å². The van der Waals surface area contributed by atoms with E-state index >= 15 is 0 Å². The molecule has 0 saturated heterocycles. The van der Waals surface area contributed by atoms with Crippen LogP contribution in [-0.2, 0) is 6.42 Å². The van der Waals surface area contributed by atoms with Gasteiger partial charge in [-0.15, -0.1) is 0 Å². The topological polar surface area (TPSA) is 42.2 Å². The molecule has 2 rings (SSSR count). The van der Waals surface area contributed by atoms with E-state index in [1.165, 1.54) is 11.6 Å². The van der Waals surface area contributed by atoms with Crippen molar-refractivity contribution in [1.82, 2.24) is 4.98 Å². The summed E-state index contributed by atoms with van der Waals surface area (Å²) in [7, 11) is 1.92. The second-order valence-corrected chi connectivity index (χ2v) is 5.51. The normalized spacial score (nSPS) is 10.5. The number of anilines is 2. The molecular weight excluding hydrogens is 356 g/mol. The lowest BCUT2D eigenvalue weighted by Crippen LogP contribution is -2.21. The van der Waals surface area contributed by atoms with Gasteiger partial charge >= 0.3 is 0 Å². The van der Waals surface area contributed by atoms with Crippen LogP contribution in [0.2, 0.25) is 0 Å². The van der Waals surface area contributed by atoms with Gasteiger partial charge < -0.3 is 10.6 Å². The van der Waals surface area contributed by atoms with Gasteiger partial charge in [-0.2, -0.15) is 0 Å². The van der Waals surface area contributed by atoms with E-state index in [9.17, 15) is 4.39 Å². The molecule has 0 unspecified atom stereocenters. The molecule has 0 radical (unpaired) electrons. The highest BCUT2D eigenvalue weighted by Crippen LogP contribution is 2.26. The average molecular weight is 371 g/mol. The molecule has 19 heavy (non-hydrogen) atoms. The summed E-state index contributed by atoms with van der Waals surface area (Å²) >= 11 is 1.94. The number of halogens is 2. The number of hydrogen-bond acceptors (Lipinski definition) is 3. The SMILES string of the molecule is CN(CCc1ccncc1)c1cc(F)c(I)cc1N. The number of nitrogens with two attached hydrogens (primary N) is 1. The summed E-state index contributed by atoms with van der Waals surface area (Å²) in [5.41, 5.74) is 8.47. The van der Waals surface area contributed by atoms with Gasteiger partial charge in [0.15, 0.2) is 0 Å². The van der Waals surface area contributed by atoms with Crippen LogP contribution in [0, 0.1) is 9.39 Å². The quantitative estimate of drug-likeness (QED) is 0.664. The van der Waals surface area contributed by atoms with Crippen LogP contribution < -0.4 is 10.6 Å². The summed E-state index contributed by atoms with van der Waals surface area (Å²) in [6, 6.07) is 7.11. The highest BCUT2D eigenvalue weighted by molar-refractivity contribution is 14.1. The maximum absolute atomic E-state index is 13.6. The van der Waals surface area contributed by atoms with E-state index in [2.05, 4.69) is 4.98 Å². The minimum absolute atomic E-state index is 0.236. The average Bonchev–Trinajstić information content (AvgIpc) is 2.41. The molecule has 0 bridgehead atoms. The zero-order valence-corrected chi connectivity index (χ0v) is 12.8. The summed E-state index contributed by atoms with van der Waals surface area (Å²) < 4.78 is 14.1. The van der Waals surface area contributed by atoms with Gasteiger partial charge in [-0.1, -0.05) is 0 Å². The van der Waals surface area contributed by atoms with Gasteiger partial charge in [0.25, 0.3) is 0 Å². The zero-order valence-electron chi connectivity index (χ0n) is 10.6. The van der Waals surface area contributed by atoms with Gasteiger partial charge in [-0.05, 0) is 52.8 Å². The molecule has 1 aromatic carbocycles. The molecule has 1 heterocycles. The van der Waals surface area contributed by atoms with E-state index in [4.69, 9.17) is 5.73 Å². The number of pyridine rings is 1. The molecule has 0 amide bonds. The second kappa shape index (κ2) is 6.18. The summed E-state index contributed by atoms with van der Waals surface area (Å²) in [6.45, 7) is 0.772. The van der Waals surface area contributed by atoms with Crippen LogP contribution in [0.3, 0.4) is 0 Å². The Hall–Kier alpha value is -1.37. The van der Waals surface area contributed by atoms with Crippen molar-refractivity contribution in [2.75, 3.05) is 24.2 Å². The second-order valence-electron chi connectivity index (χ2n) is 4.35. The van der Waals surface area contributed by atoms with E-state index in [1.807, 2.05) is 46.7 Å². The van der Waals surface area contributed by atoms with Crippen molar-refractivity contribution in [2.45, 2.75) is 6.42 Å². The molecule has 5 heteroatoms. The van der Waals surface area contributed by atoms with Crippen molar-refractivity contribution < 1.29 is 4.39 Å². The van der Waals surface area contributed by atoms with Crippen LogP contribution in [0.1, 0.15) is 5.56 Å². The molecule has 0 fully saturated rings. The van der Waals surface area contributed by atoms with Crippen molar-refractivity contribution in [3.63, 3.8) is 0 Å². The third-order valence-corrected chi connectivity index (χ3v) is 3.79. The Morgan fingerprint density at radius 3 is 2.68 bits per heavy atom. The Labute approximate surface area is 125 Å². The van der Waals surface area contributed by atoms with Gasteiger partial charge in [0.2, 0.25) is 0 Å². The molecule has 1 aromatic heterocycles. The van der Waals surface area contributed by atoms with Crippen LogP contribution in [0.15, 0.2) is 36.7 Å². The predicted molar refractivity (Wildman–Crippen MR) is 84.7 cm³/mol. The third-order valence-electron chi connectivity index (χ3n) is 2.97. The molecule has 3 nitrogen and oxygen atoms in total. The first-order chi connectivity index (χ1) is 9.08. The van der Waals surface area contributed by atoms with E-state index in [0.29, 0.717) is 9.26 Å². The van der Waals surface area contributed by atoms with Crippen molar-refractivity contribution >= 4 is 34.0 Å². The minimum atomic E-state index is -0.236. The Morgan fingerprint density at radius 1 is 1.32 bits per heavy atom. The molecule has 0 aliphatic carbocycles. The fraction of sp³-hybridized carbons (Fsp3) is 0.214. The third kappa shape index (κ3) is 3.56. The number of likely N-dealkylation sites (N-methyl/N-ethyl adjacent to an activating group) is 1. The summed E-state index contributed by atoms with van der Waals surface area (Å²) in [5.74, 6) is -0.236. The zero-order chi connectivity index (χ0) is 13.8. The maximum Gasteiger partial charge on any atom is 0.138 e. The van der Waals surface area contributed by atoms with E-state index < -0.39 is 0 Å². The molecule has 0 atom stereocenters. The van der Waals surface area contributed by atoms with Crippen LogP contribution in [-0.4, -0.2) is 18.6 Å². The van der Waals surface area contributed by atoms with Gasteiger partial charge in [0.05, 0.1) is 14.9 Å². The van der Waals surface area contributed by atoms with Gasteiger partial charge in [-0.3, -0.25) is 4.98 Å². The molecule has 0 spiro atoms. The molecule has 0 aliphatic rings. The molecule has 0 aliphatic heterocycles. The molecule has 100 valence electrons. The highest BCUT2D eigenvalue weighted by atomic mass is 127. The van der Waals surface area contributed by atoms with E-state index in [0.717, 1.165) is 18.7 Å². The lowest BCUT2D eigenvalue weighted by atomic mass is 10.2. The van der Waals surface area contributed by atoms with Crippen LogP contribution in [0.4, 0.5) is 15.8 Å². The first kappa shape index (κ1) is 14.0. The summed E-state index contributed by atoms with van der Waals surface area (Å²) in [4.78, 5) is 5.95. The number of rotatable bonds is 4. The van der Waals surface area contributed by atoms with Crippen LogP contribution >= 0.6 is 22.6 Å². The van der Waals surface area contributed by atoms with E-state index in [1.54, 1.807) is 18.5 Å². The van der Waals surface area contributed by atoms with Gasteiger partial charge in [0.1, 0.15) is 5.82 Å². The Kier molecular flexibility index (Phi) is 4.57. The fourth-order valence-electron chi connectivity index (χ4n) is 1.85. The van der Waals surface area contributed by atoms with Gasteiger partial charge in [-0.25, -0.2) is 4.39 Å². The van der Waals surface area contributed by atoms with Crippen molar-refractivity contribution in [3.05, 3.63) is 51.6 Å². The summed E-state index contributed by atoms with van der Waals surface area (Å²) in [5, 5.41) is 0. The first-order valence-electron chi connectivity index (χ1n) is 5.92. The number of aromatic nitrogens is 1. The van der Waals surface area contributed by atoms with Crippen LogP contribution in [0.25, 0.3) is 0 Å². The molecule has 2 aromatic rings. The fourth-order valence-corrected chi connectivity index (χ4v) is 2.34. The number of hydrogen-bond donors (Lipinski definition) is 1. The van der Waals surface area contributed by atoms with Crippen LogP contribution in [0.5, 0.6) is 0 Å². The molecule has 2 N–H and O–H groups in total. The Bertz CT molecular complexity index is 560. The molecular formula is C14H15FIN3. The van der Waals surface area contributed by atoms with Gasteiger partial charge in [0, 0.05) is 32.1 Å². The van der Waals surface area contributed by atoms with Crippen molar-refractivity contribution in [2.24, 2.45) is 0 Å². The maximum atomic E-state index is 13.6. The first-order valence-corrected chi connectivity index (χ1v) is 7.00. The largest absolute Gasteiger partial charge is 0.397 e.